The Morgan fingerprint density at radius 2 is 1.83 bits per heavy atom. The van der Waals surface area contributed by atoms with E-state index in [9.17, 15) is 13.2 Å². The highest BCUT2D eigenvalue weighted by atomic mass is 35.5. The molecule has 24 heavy (non-hydrogen) atoms. The fraction of sp³-hybridized carbons (Fsp3) is 0.188. The molecule has 1 fully saturated rings. The zero-order valence-corrected chi connectivity index (χ0v) is 14.8. The molecule has 0 aromatic heterocycles. The maximum absolute atomic E-state index is 12.3. The number of rotatable bonds is 3. The van der Waals surface area contributed by atoms with Crippen LogP contribution in [0.25, 0.3) is 0 Å². The van der Waals surface area contributed by atoms with Gasteiger partial charge in [-0.05, 0) is 36.8 Å². The minimum absolute atomic E-state index is 0.0968. The van der Waals surface area contributed by atoms with Crippen LogP contribution in [0.2, 0.25) is 10.0 Å². The molecule has 2 aromatic rings. The fourth-order valence-electron chi connectivity index (χ4n) is 2.54. The summed E-state index contributed by atoms with van der Waals surface area (Å²) < 4.78 is 25.4. The highest BCUT2D eigenvalue weighted by molar-refractivity contribution is 7.93. The number of hydrogen-bond acceptors (Lipinski definition) is 3. The summed E-state index contributed by atoms with van der Waals surface area (Å²) in [4.78, 5) is 12.3. The molecule has 0 aliphatic carbocycles. The normalized spacial score (nSPS) is 16.2. The summed E-state index contributed by atoms with van der Waals surface area (Å²) in [5.41, 5.74) is 1.15. The number of amides is 1. The molecule has 1 amide bonds. The Hall–Kier alpha value is -1.76. The minimum atomic E-state index is -3.35. The van der Waals surface area contributed by atoms with Crippen LogP contribution in [0.15, 0.2) is 42.5 Å². The number of nitrogens with one attached hydrogen (secondary N) is 1. The number of hydrogen-bond donors (Lipinski definition) is 1. The number of anilines is 2. The lowest BCUT2D eigenvalue weighted by molar-refractivity contribution is 0.102. The largest absolute Gasteiger partial charge is 0.322 e. The molecule has 8 heteroatoms. The Bertz CT molecular complexity index is 900. The third-order valence-electron chi connectivity index (χ3n) is 3.69. The molecule has 0 unspecified atom stereocenters. The average molecular weight is 385 g/mol. The van der Waals surface area contributed by atoms with Gasteiger partial charge < -0.3 is 5.32 Å². The SMILES string of the molecule is O=C(Nc1ccc(Cl)c(N2CCCS2(=O)=O)c1)c1ccccc1Cl. The van der Waals surface area contributed by atoms with Crippen LogP contribution in [-0.2, 0) is 10.0 Å². The van der Waals surface area contributed by atoms with Gasteiger partial charge in [0.2, 0.25) is 10.0 Å². The highest BCUT2D eigenvalue weighted by Crippen LogP contribution is 2.33. The molecule has 126 valence electrons. The molecule has 3 rings (SSSR count). The first-order valence-corrected chi connectivity index (χ1v) is 9.61. The zero-order valence-electron chi connectivity index (χ0n) is 12.5. The maximum Gasteiger partial charge on any atom is 0.257 e. The van der Waals surface area contributed by atoms with Gasteiger partial charge in [0.25, 0.3) is 5.91 Å². The maximum atomic E-state index is 12.3. The van der Waals surface area contributed by atoms with Crippen LogP contribution in [0, 0.1) is 0 Å². The van der Waals surface area contributed by atoms with Gasteiger partial charge in [0.15, 0.2) is 0 Å². The van der Waals surface area contributed by atoms with Gasteiger partial charge in [-0.1, -0.05) is 35.3 Å². The summed E-state index contributed by atoms with van der Waals surface area (Å²) in [5.74, 6) is -0.280. The van der Waals surface area contributed by atoms with Gasteiger partial charge in [0.1, 0.15) is 0 Å². The van der Waals surface area contributed by atoms with Crippen LogP contribution >= 0.6 is 23.2 Å². The van der Waals surface area contributed by atoms with Gasteiger partial charge in [-0.25, -0.2) is 8.42 Å². The Morgan fingerprint density at radius 3 is 2.50 bits per heavy atom. The molecule has 0 spiro atoms. The first kappa shape index (κ1) is 17.1. The lowest BCUT2D eigenvalue weighted by Crippen LogP contribution is -2.25. The molecule has 1 heterocycles. The number of sulfonamides is 1. The van der Waals surface area contributed by atoms with Gasteiger partial charge >= 0.3 is 0 Å². The van der Waals surface area contributed by atoms with Crippen LogP contribution in [0.4, 0.5) is 11.4 Å². The van der Waals surface area contributed by atoms with E-state index in [-0.39, 0.29) is 11.7 Å². The van der Waals surface area contributed by atoms with Crippen LogP contribution in [0.5, 0.6) is 0 Å². The second kappa shape index (κ2) is 6.63. The van der Waals surface area contributed by atoms with Crippen LogP contribution in [0.1, 0.15) is 16.8 Å². The second-order valence-electron chi connectivity index (χ2n) is 5.34. The molecule has 1 aliphatic heterocycles. The quantitative estimate of drug-likeness (QED) is 0.875. The number of nitrogens with zero attached hydrogens (tertiary/aromatic N) is 1. The third-order valence-corrected chi connectivity index (χ3v) is 6.20. The predicted octanol–water partition coefficient (Wildman–Crippen LogP) is 3.79. The Morgan fingerprint density at radius 1 is 1.08 bits per heavy atom. The monoisotopic (exact) mass is 384 g/mol. The zero-order chi connectivity index (χ0) is 17.3. The molecule has 0 atom stereocenters. The summed E-state index contributed by atoms with van der Waals surface area (Å²) >= 11 is 12.2. The first-order valence-electron chi connectivity index (χ1n) is 7.24. The van der Waals surface area contributed by atoms with Crippen molar-refractivity contribution >= 4 is 50.5 Å². The molecule has 1 N–H and O–H groups in total. The van der Waals surface area contributed by atoms with Crippen molar-refractivity contribution in [3.63, 3.8) is 0 Å². The van der Waals surface area contributed by atoms with E-state index >= 15 is 0 Å². The number of halogens is 2. The minimum Gasteiger partial charge on any atom is -0.322 e. The van der Waals surface area contributed by atoms with Crippen molar-refractivity contribution in [1.29, 1.82) is 0 Å². The average Bonchev–Trinajstić information content (AvgIpc) is 2.89. The van der Waals surface area contributed by atoms with Crippen LogP contribution in [-0.4, -0.2) is 26.6 Å². The second-order valence-corrected chi connectivity index (χ2v) is 8.17. The molecule has 2 aromatic carbocycles. The number of benzene rings is 2. The topological polar surface area (TPSA) is 66.5 Å². The summed E-state index contributed by atoms with van der Waals surface area (Å²) in [6, 6.07) is 11.4. The van der Waals surface area contributed by atoms with E-state index in [2.05, 4.69) is 5.32 Å². The van der Waals surface area contributed by atoms with Crippen molar-refractivity contribution in [2.75, 3.05) is 21.9 Å². The predicted molar refractivity (Wildman–Crippen MR) is 96.6 cm³/mol. The Kier molecular flexibility index (Phi) is 4.71. The lowest BCUT2D eigenvalue weighted by Gasteiger charge is -2.19. The molecule has 1 saturated heterocycles. The molecular weight excluding hydrogens is 371 g/mol. The van der Waals surface area contributed by atoms with Gasteiger partial charge in [0, 0.05) is 12.2 Å². The van der Waals surface area contributed by atoms with Gasteiger partial charge in [-0.2, -0.15) is 0 Å². The van der Waals surface area contributed by atoms with E-state index in [1.807, 2.05) is 0 Å². The van der Waals surface area contributed by atoms with Crippen molar-refractivity contribution in [2.24, 2.45) is 0 Å². The number of carbonyl (C=O) groups excluding carboxylic acids is 1. The smallest absolute Gasteiger partial charge is 0.257 e. The Balaban J connectivity index is 1.89. The van der Waals surface area contributed by atoms with Gasteiger partial charge in [-0.3, -0.25) is 9.10 Å². The van der Waals surface area contributed by atoms with Crippen molar-refractivity contribution in [3.8, 4) is 0 Å². The van der Waals surface area contributed by atoms with Crippen molar-refractivity contribution in [1.82, 2.24) is 0 Å². The fourth-order valence-corrected chi connectivity index (χ4v) is 4.60. The summed E-state index contributed by atoms with van der Waals surface area (Å²) in [6.07, 6.45) is 0.550. The molecule has 0 saturated carbocycles. The van der Waals surface area contributed by atoms with Crippen molar-refractivity contribution in [2.45, 2.75) is 6.42 Å². The van der Waals surface area contributed by atoms with Crippen molar-refractivity contribution < 1.29 is 13.2 Å². The highest BCUT2D eigenvalue weighted by Gasteiger charge is 2.30. The van der Waals surface area contributed by atoms with Gasteiger partial charge in [-0.15, -0.1) is 0 Å². The summed E-state index contributed by atoms with van der Waals surface area (Å²) in [6.45, 7) is 0.379. The molecule has 5 nitrogen and oxygen atoms in total. The summed E-state index contributed by atoms with van der Waals surface area (Å²) in [5, 5.41) is 3.37. The van der Waals surface area contributed by atoms with E-state index in [4.69, 9.17) is 23.2 Å². The molecule has 0 radical (unpaired) electrons. The molecule has 0 bridgehead atoms. The van der Waals surface area contributed by atoms with Gasteiger partial charge in [0.05, 0.1) is 27.0 Å². The summed E-state index contributed by atoms with van der Waals surface area (Å²) in [7, 11) is -3.35. The van der Waals surface area contributed by atoms with E-state index in [0.29, 0.717) is 39.9 Å². The van der Waals surface area contributed by atoms with E-state index in [1.165, 1.54) is 4.31 Å². The molecular formula is C16H14Cl2N2O3S. The van der Waals surface area contributed by atoms with Crippen LogP contribution in [0.3, 0.4) is 0 Å². The van der Waals surface area contributed by atoms with E-state index < -0.39 is 10.0 Å². The molecule has 1 aliphatic rings. The van der Waals surface area contributed by atoms with E-state index in [1.54, 1.807) is 42.5 Å². The Labute approximate surface area is 150 Å². The van der Waals surface area contributed by atoms with Crippen molar-refractivity contribution in [3.05, 3.63) is 58.1 Å². The number of carbonyl (C=O) groups is 1. The van der Waals surface area contributed by atoms with E-state index in [0.717, 1.165) is 0 Å². The third kappa shape index (κ3) is 3.36. The standard InChI is InChI=1S/C16H14Cl2N2O3S/c17-13-5-2-1-4-12(13)16(21)19-11-6-7-14(18)15(10-11)20-8-3-9-24(20,22)23/h1-2,4-7,10H,3,8-9H2,(H,19,21). The van der Waals surface area contributed by atoms with Crippen LogP contribution < -0.4 is 9.62 Å². The first-order chi connectivity index (χ1) is 11.4. The lowest BCUT2D eigenvalue weighted by atomic mass is 10.2.